The molecule has 1 aliphatic heterocycles. The Labute approximate surface area is 145 Å². The summed E-state index contributed by atoms with van der Waals surface area (Å²) in [4.78, 5) is 10.4. The van der Waals surface area contributed by atoms with Crippen molar-refractivity contribution in [3.05, 3.63) is 29.8 Å². The van der Waals surface area contributed by atoms with Gasteiger partial charge in [0.25, 0.3) is 0 Å². The van der Waals surface area contributed by atoms with E-state index in [0.717, 1.165) is 25.6 Å². The fraction of sp³-hybridized carbons (Fsp3) is 0.438. The number of sulfonamides is 1. The van der Waals surface area contributed by atoms with Gasteiger partial charge in [-0.2, -0.15) is 5.26 Å². The number of aromatic nitrogens is 2. The Morgan fingerprint density at radius 3 is 2.96 bits per heavy atom. The molecule has 7 nitrogen and oxygen atoms in total. The third kappa shape index (κ3) is 4.03. The molecule has 2 aromatic rings. The SMILES string of the molecule is CS(=O)(=O)NC[C@H]1CCCN(c2ncnc3cc(F)c(C#N)cc23)C1. The molecule has 1 saturated heterocycles. The highest BCUT2D eigenvalue weighted by atomic mass is 32.2. The summed E-state index contributed by atoms with van der Waals surface area (Å²) in [6.07, 6.45) is 4.33. The molecule has 2 heterocycles. The van der Waals surface area contributed by atoms with Crippen molar-refractivity contribution in [1.29, 1.82) is 5.26 Å². The lowest BCUT2D eigenvalue weighted by Crippen LogP contribution is -2.41. The average molecular weight is 363 g/mol. The Bertz CT molecular complexity index is 941. The third-order valence-electron chi connectivity index (χ3n) is 4.28. The molecule has 9 heteroatoms. The van der Waals surface area contributed by atoms with Crippen LogP contribution in [0.1, 0.15) is 18.4 Å². The van der Waals surface area contributed by atoms with Crippen LogP contribution >= 0.6 is 0 Å². The number of fused-ring (bicyclic) bond motifs is 1. The second-order valence-corrected chi connectivity index (χ2v) is 8.07. The monoisotopic (exact) mass is 363 g/mol. The third-order valence-corrected chi connectivity index (χ3v) is 4.97. The molecule has 0 amide bonds. The molecule has 1 aliphatic rings. The van der Waals surface area contributed by atoms with E-state index in [1.165, 1.54) is 18.5 Å². The van der Waals surface area contributed by atoms with Gasteiger partial charge in [0.2, 0.25) is 10.0 Å². The van der Waals surface area contributed by atoms with Gasteiger partial charge in [-0.25, -0.2) is 27.5 Å². The number of halogens is 1. The molecule has 0 radical (unpaired) electrons. The zero-order valence-electron chi connectivity index (χ0n) is 13.7. The fourth-order valence-corrected chi connectivity index (χ4v) is 3.63. The van der Waals surface area contributed by atoms with Crippen LogP contribution in [0.3, 0.4) is 0 Å². The summed E-state index contributed by atoms with van der Waals surface area (Å²) in [5.74, 6) is 0.198. The van der Waals surface area contributed by atoms with E-state index >= 15 is 0 Å². The van der Waals surface area contributed by atoms with Gasteiger partial charge < -0.3 is 4.90 Å². The average Bonchev–Trinajstić information content (AvgIpc) is 2.58. The molecule has 1 atom stereocenters. The predicted molar refractivity (Wildman–Crippen MR) is 92.0 cm³/mol. The van der Waals surface area contributed by atoms with Gasteiger partial charge in [0, 0.05) is 31.1 Å². The maximum atomic E-state index is 13.8. The highest BCUT2D eigenvalue weighted by molar-refractivity contribution is 7.88. The second kappa shape index (κ2) is 6.90. The molecule has 1 N–H and O–H groups in total. The van der Waals surface area contributed by atoms with Crippen LogP contribution in [-0.2, 0) is 10.0 Å². The smallest absolute Gasteiger partial charge is 0.208 e. The van der Waals surface area contributed by atoms with Crippen LogP contribution in [0.15, 0.2) is 18.5 Å². The molecular formula is C16H18FN5O2S. The molecule has 132 valence electrons. The van der Waals surface area contributed by atoms with Crippen molar-refractivity contribution >= 4 is 26.7 Å². The minimum absolute atomic E-state index is 0.0455. The summed E-state index contributed by atoms with van der Waals surface area (Å²) >= 11 is 0. The zero-order valence-corrected chi connectivity index (χ0v) is 14.6. The molecule has 0 spiro atoms. The van der Waals surface area contributed by atoms with E-state index < -0.39 is 15.8 Å². The van der Waals surface area contributed by atoms with E-state index in [1.54, 1.807) is 0 Å². The molecule has 0 unspecified atom stereocenters. The Morgan fingerprint density at radius 2 is 2.24 bits per heavy atom. The van der Waals surface area contributed by atoms with E-state index in [0.29, 0.717) is 29.8 Å². The minimum Gasteiger partial charge on any atom is -0.356 e. The number of hydrogen-bond donors (Lipinski definition) is 1. The Kier molecular flexibility index (Phi) is 4.83. The lowest BCUT2D eigenvalue weighted by Gasteiger charge is -2.34. The van der Waals surface area contributed by atoms with Crippen LogP contribution in [0, 0.1) is 23.1 Å². The molecule has 3 rings (SSSR count). The Balaban J connectivity index is 1.89. The van der Waals surface area contributed by atoms with Crippen LogP contribution in [0.4, 0.5) is 10.2 Å². The standard InChI is InChI=1S/C16H18FN5O2S/c1-25(23,24)21-8-11-3-2-4-22(9-11)16-13-5-12(7-18)14(17)6-15(13)19-10-20-16/h5-6,10-11,21H,2-4,8-9H2,1H3/t11-/m1/s1. The summed E-state index contributed by atoms with van der Waals surface area (Å²) < 4.78 is 38.9. The van der Waals surface area contributed by atoms with E-state index in [2.05, 4.69) is 14.7 Å². The van der Waals surface area contributed by atoms with E-state index in [1.807, 2.05) is 11.0 Å². The first-order valence-electron chi connectivity index (χ1n) is 7.91. The summed E-state index contributed by atoms with van der Waals surface area (Å²) in [6.45, 7) is 1.77. The van der Waals surface area contributed by atoms with Crippen molar-refractivity contribution in [3.63, 3.8) is 0 Å². The first kappa shape index (κ1) is 17.5. The van der Waals surface area contributed by atoms with Gasteiger partial charge in [-0.3, -0.25) is 0 Å². The van der Waals surface area contributed by atoms with Crippen molar-refractivity contribution in [2.45, 2.75) is 12.8 Å². The van der Waals surface area contributed by atoms with Crippen LogP contribution in [0.2, 0.25) is 0 Å². The number of anilines is 1. The Hall–Kier alpha value is -2.31. The van der Waals surface area contributed by atoms with Crippen LogP contribution in [-0.4, -0.2) is 44.3 Å². The maximum absolute atomic E-state index is 13.8. The van der Waals surface area contributed by atoms with Crippen molar-refractivity contribution in [3.8, 4) is 6.07 Å². The number of nitrogens with one attached hydrogen (secondary N) is 1. The summed E-state index contributed by atoms with van der Waals surface area (Å²) in [7, 11) is -3.23. The number of hydrogen-bond acceptors (Lipinski definition) is 6. The van der Waals surface area contributed by atoms with E-state index in [9.17, 15) is 12.8 Å². The largest absolute Gasteiger partial charge is 0.356 e. The second-order valence-electron chi connectivity index (χ2n) is 6.23. The van der Waals surface area contributed by atoms with Crippen molar-refractivity contribution in [1.82, 2.24) is 14.7 Å². The van der Waals surface area contributed by atoms with Crippen molar-refractivity contribution in [2.24, 2.45) is 5.92 Å². The summed E-state index contributed by atoms with van der Waals surface area (Å²) in [6, 6.07) is 4.55. The normalized spacial score (nSPS) is 18.3. The molecule has 1 aromatic heterocycles. The molecule has 25 heavy (non-hydrogen) atoms. The lowest BCUT2D eigenvalue weighted by molar-refractivity contribution is 0.410. The minimum atomic E-state index is -3.23. The number of nitrogens with zero attached hydrogens (tertiary/aromatic N) is 4. The van der Waals surface area contributed by atoms with Crippen LogP contribution in [0.25, 0.3) is 10.9 Å². The quantitative estimate of drug-likeness (QED) is 0.882. The highest BCUT2D eigenvalue weighted by Crippen LogP contribution is 2.28. The van der Waals surface area contributed by atoms with E-state index in [4.69, 9.17) is 5.26 Å². The van der Waals surface area contributed by atoms with Crippen molar-refractivity contribution in [2.75, 3.05) is 30.8 Å². The van der Waals surface area contributed by atoms with Gasteiger partial charge in [0.15, 0.2) is 0 Å². The summed E-state index contributed by atoms with van der Waals surface area (Å²) in [5, 5.41) is 9.68. The maximum Gasteiger partial charge on any atom is 0.208 e. The van der Waals surface area contributed by atoms with Crippen molar-refractivity contribution < 1.29 is 12.8 Å². The Morgan fingerprint density at radius 1 is 1.44 bits per heavy atom. The van der Waals surface area contributed by atoms with Gasteiger partial charge in [-0.1, -0.05) is 0 Å². The molecule has 0 saturated carbocycles. The molecule has 1 aromatic carbocycles. The highest BCUT2D eigenvalue weighted by Gasteiger charge is 2.23. The van der Waals surface area contributed by atoms with Crippen LogP contribution < -0.4 is 9.62 Å². The number of rotatable bonds is 4. The zero-order chi connectivity index (χ0) is 18.0. The number of piperidine rings is 1. The van der Waals surface area contributed by atoms with Gasteiger partial charge in [-0.15, -0.1) is 0 Å². The number of benzene rings is 1. The van der Waals surface area contributed by atoms with Gasteiger partial charge in [0.05, 0.1) is 17.3 Å². The number of nitriles is 1. The first-order valence-corrected chi connectivity index (χ1v) is 9.80. The lowest BCUT2D eigenvalue weighted by atomic mass is 9.98. The first-order chi connectivity index (χ1) is 11.9. The molecule has 0 bridgehead atoms. The van der Waals surface area contributed by atoms with Gasteiger partial charge in [0.1, 0.15) is 24.0 Å². The van der Waals surface area contributed by atoms with Crippen LogP contribution in [0.5, 0.6) is 0 Å². The molecule has 0 aliphatic carbocycles. The predicted octanol–water partition coefficient (Wildman–Crippen LogP) is 1.41. The fourth-order valence-electron chi connectivity index (χ4n) is 3.09. The molecular weight excluding hydrogens is 345 g/mol. The molecule has 1 fully saturated rings. The van der Waals surface area contributed by atoms with Gasteiger partial charge >= 0.3 is 0 Å². The van der Waals surface area contributed by atoms with E-state index in [-0.39, 0.29) is 11.5 Å². The van der Waals surface area contributed by atoms with Gasteiger partial charge in [-0.05, 0) is 24.8 Å². The summed E-state index contributed by atoms with van der Waals surface area (Å²) in [5.41, 5.74) is 0.397. The topological polar surface area (TPSA) is 99.0 Å².